The molecule has 142 valence electrons. The number of nitriles is 1. The van der Waals surface area contributed by atoms with Crippen molar-refractivity contribution in [3.8, 4) is 6.07 Å². The number of hydrogen-bond acceptors (Lipinski definition) is 5. The van der Waals surface area contributed by atoms with Crippen LogP contribution in [0, 0.1) is 11.3 Å². The third-order valence-corrected chi connectivity index (χ3v) is 7.16. The number of aromatic nitrogens is 2. The first-order valence-electron chi connectivity index (χ1n) is 10.0. The van der Waals surface area contributed by atoms with E-state index in [1.165, 1.54) is 16.9 Å². The van der Waals surface area contributed by atoms with Crippen molar-refractivity contribution in [3.05, 3.63) is 56.2 Å². The summed E-state index contributed by atoms with van der Waals surface area (Å²) in [6.07, 6.45) is 6.74. The van der Waals surface area contributed by atoms with Gasteiger partial charge in [0, 0.05) is 18.0 Å². The summed E-state index contributed by atoms with van der Waals surface area (Å²) in [4.78, 5) is 22.2. The molecule has 0 atom stereocenters. The lowest BCUT2D eigenvalue weighted by Gasteiger charge is -2.29. The third kappa shape index (κ3) is 2.82. The molecule has 0 unspecified atom stereocenters. The molecule has 0 saturated carbocycles. The molecule has 3 aromatic rings. The first kappa shape index (κ1) is 17.4. The van der Waals surface area contributed by atoms with Gasteiger partial charge >= 0.3 is 0 Å². The second-order valence-electron chi connectivity index (χ2n) is 7.65. The van der Waals surface area contributed by atoms with E-state index in [1.807, 2.05) is 24.3 Å². The van der Waals surface area contributed by atoms with Crippen LogP contribution in [0.5, 0.6) is 0 Å². The lowest BCUT2D eigenvalue weighted by atomic mass is 10.1. The van der Waals surface area contributed by atoms with Gasteiger partial charge in [-0.25, -0.2) is 4.98 Å². The predicted octanol–water partition coefficient (Wildman–Crippen LogP) is 3.86. The van der Waals surface area contributed by atoms with Gasteiger partial charge in [-0.05, 0) is 55.7 Å². The Hall–Kier alpha value is -2.65. The van der Waals surface area contributed by atoms with Crippen molar-refractivity contribution in [1.82, 2.24) is 9.55 Å². The summed E-state index contributed by atoms with van der Waals surface area (Å²) < 4.78 is 2.58. The molecule has 2 aliphatic rings. The fourth-order valence-corrected chi connectivity index (χ4v) is 5.72. The van der Waals surface area contributed by atoms with Gasteiger partial charge < -0.3 is 4.90 Å². The van der Waals surface area contributed by atoms with Crippen LogP contribution >= 0.6 is 11.3 Å². The number of nitrogens with zero attached hydrogens (tertiary/aromatic N) is 4. The number of hydrogen-bond donors (Lipinski definition) is 0. The number of fused-ring (bicyclic) bond motifs is 3. The summed E-state index contributed by atoms with van der Waals surface area (Å²) in [6, 6.07) is 9.79. The van der Waals surface area contributed by atoms with Crippen LogP contribution in [-0.4, -0.2) is 22.6 Å². The highest BCUT2D eigenvalue weighted by molar-refractivity contribution is 7.19. The molecule has 6 heteroatoms. The van der Waals surface area contributed by atoms with Gasteiger partial charge in [0.2, 0.25) is 5.95 Å². The van der Waals surface area contributed by atoms with Gasteiger partial charge in [0.1, 0.15) is 4.70 Å². The van der Waals surface area contributed by atoms with Crippen LogP contribution in [-0.2, 0) is 19.4 Å². The number of anilines is 1. The Morgan fingerprint density at radius 1 is 1.11 bits per heavy atom. The Bertz CT molecular complexity index is 1150. The summed E-state index contributed by atoms with van der Waals surface area (Å²) in [5, 5.41) is 9.47. The first-order valence-corrected chi connectivity index (χ1v) is 10.9. The molecule has 0 amide bonds. The number of aryl methyl sites for hydroxylation is 2. The maximum Gasteiger partial charge on any atom is 0.273 e. The van der Waals surface area contributed by atoms with Crippen LogP contribution in [0.15, 0.2) is 29.1 Å². The van der Waals surface area contributed by atoms with E-state index in [9.17, 15) is 10.1 Å². The zero-order chi connectivity index (χ0) is 19.1. The molecule has 1 aliphatic heterocycles. The Labute approximate surface area is 167 Å². The van der Waals surface area contributed by atoms with E-state index in [0.717, 1.165) is 66.9 Å². The van der Waals surface area contributed by atoms with Gasteiger partial charge in [0.05, 0.1) is 23.7 Å². The molecular formula is C22H22N4OS. The highest BCUT2D eigenvalue weighted by Gasteiger charge is 2.25. The minimum atomic E-state index is 0.0396. The Balaban J connectivity index is 1.70. The number of piperidine rings is 1. The topological polar surface area (TPSA) is 61.9 Å². The smallest absolute Gasteiger partial charge is 0.273 e. The third-order valence-electron chi connectivity index (χ3n) is 5.89. The normalized spacial score (nSPS) is 16.3. The van der Waals surface area contributed by atoms with Gasteiger partial charge in [-0.3, -0.25) is 9.36 Å². The second kappa shape index (κ2) is 7.06. The molecule has 5 rings (SSSR count). The molecule has 1 saturated heterocycles. The molecule has 5 nitrogen and oxygen atoms in total. The minimum Gasteiger partial charge on any atom is -0.342 e. The quantitative estimate of drug-likeness (QED) is 0.681. The lowest BCUT2D eigenvalue weighted by Crippen LogP contribution is -2.36. The summed E-state index contributed by atoms with van der Waals surface area (Å²) in [6.45, 7) is 2.26. The first-order chi connectivity index (χ1) is 13.8. The molecule has 1 fully saturated rings. The maximum absolute atomic E-state index is 13.5. The van der Waals surface area contributed by atoms with Crippen molar-refractivity contribution in [2.75, 3.05) is 18.0 Å². The molecule has 0 spiro atoms. The van der Waals surface area contributed by atoms with Crippen molar-refractivity contribution in [2.24, 2.45) is 0 Å². The van der Waals surface area contributed by atoms with E-state index in [1.54, 1.807) is 15.9 Å². The number of benzene rings is 1. The van der Waals surface area contributed by atoms with Gasteiger partial charge in [-0.2, -0.15) is 5.26 Å². The van der Waals surface area contributed by atoms with Crippen LogP contribution in [0.2, 0.25) is 0 Å². The molecule has 0 N–H and O–H groups in total. The van der Waals surface area contributed by atoms with E-state index in [-0.39, 0.29) is 5.56 Å². The van der Waals surface area contributed by atoms with E-state index < -0.39 is 0 Å². The number of rotatable bonds is 3. The monoisotopic (exact) mass is 390 g/mol. The molecule has 1 aromatic carbocycles. The Morgan fingerprint density at radius 3 is 2.75 bits per heavy atom. The van der Waals surface area contributed by atoms with E-state index in [2.05, 4.69) is 11.0 Å². The van der Waals surface area contributed by atoms with Crippen molar-refractivity contribution in [2.45, 2.75) is 45.1 Å². The van der Waals surface area contributed by atoms with Gasteiger partial charge in [0.15, 0.2) is 0 Å². The zero-order valence-corrected chi connectivity index (χ0v) is 16.6. The van der Waals surface area contributed by atoms with Crippen molar-refractivity contribution in [3.63, 3.8) is 0 Å². The average molecular weight is 391 g/mol. The largest absolute Gasteiger partial charge is 0.342 e. The molecule has 0 radical (unpaired) electrons. The minimum absolute atomic E-state index is 0.0396. The lowest BCUT2D eigenvalue weighted by molar-refractivity contribution is 0.553. The SMILES string of the molecule is N#Cc1ccccc1Cn1c(N2CCCCC2)nc2c3c(sc2c1=O)CCC3. The van der Waals surface area contributed by atoms with Gasteiger partial charge in [-0.1, -0.05) is 18.2 Å². The molecule has 2 aromatic heterocycles. The molecule has 28 heavy (non-hydrogen) atoms. The van der Waals surface area contributed by atoms with Crippen LogP contribution in [0.4, 0.5) is 5.95 Å². The Kier molecular flexibility index (Phi) is 4.40. The molecule has 3 heterocycles. The maximum atomic E-state index is 13.5. The number of thiophene rings is 1. The molecule has 0 bridgehead atoms. The summed E-state index contributed by atoms with van der Waals surface area (Å²) in [5.41, 5.74) is 3.74. The Morgan fingerprint density at radius 2 is 1.93 bits per heavy atom. The van der Waals surface area contributed by atoms with Crippen LogP contribution < -0.4 is 10.5 Å². The van der Waals surface area contributed by atoms with Crippen LogP contribution in [0.1, 0.15) is 47.3 Å². The fourth-order valence-electron chi connectivity index (χ4n) is 4.44. The van der Waals surface area contributed by atoms with E-state index >= 15 is 0 Å². The van der Waals surface area contributed by atoms with Crippen molar-refractivity contribution in [1.29, 1.82) is 5.26 Å². The molecule has 1 aliphatic carbocycles. The fraction of sp³-hybridized carbons (Fsp3) is 0.409. The standard InChI is InChI=1S/C22H22N4OS/c23-13-15-7-2-3-8-16(15)14-26-21(27)20-19(17-9-6-10-18(17)28-20)24-22(26)25-11-4-1-5-12-25/h2-3,7-8H,1,4-6,9-12,14H2. The molecular weight excluding hydrogens is 368 g/mol. The van der Waals surface area contributed by atoms with Crippen molar-refractivity contribution < 1.29 is 0 Å². The van der Waals surface area contributed by atoms with E-state index in [0.29, 0.717) is 12.1 Å². The average Bonchev–Trinajstić information content (AvgIpc) is 3.33. The summed E-state index contributed by atoms with van der Waals surface area (Å²) in [7, 11) is 0. The summed E-state index contributed by atoms with van der Waals surface area (Å²) in [5.74, 6) is 0.775. The van der Waals surface area contributed by atoms with Crippen LogP contribution in [0.3, 0.4) is 0 Å². The highest BCUT2D eigenvalue weighted by Crippen LogP contribution is 2.36. The second-order valence-corrected chi connectivity index (χ2v) is 8.76. The highest BCUT2D eigenvalue weighted by atomic mass is 32.1. The van der Waals surface area contributed by atoms with Gasteiger partial charge in [-0.15, -0.1) is 11.3 Å². The van der Waals surface area contributed by atoms with Crippen molar-refractivity contribution >= 4 is 27.5 Å². The van der Waals surface area contributed by atoms with Gasteiger partial charge in [0.25, 0.3) is 5.56 Å². The predicted molar refractivity (Wildman–Crippen MR) is 112 cm³/mol. The van der Waals surface area contributed by atoms with E-state index in [4.69, 9.17) is 4.98 Å². The zero-order valence-electron chi connectivity index (χ0n) is 15.8. The summed E-state index contributed by atoms with van der Waals surface area (Å²) >= 11 is 1.62. The van der Waals surface area contributed by atoms with Crippen LogP contribution in [0.25, 0.3) is 10.2 Å².